The van der Waals surface area contributed by atoms with Gasteiger partial charge in [-0.1, -0.05) is 65.0 Å². The number of rotatable bonds is 13. The molecule has 0 aliphatic carbocycles. The third-order valence-electron chi connectivity index (χ3n) is 5.66. The summed E-state index contributed by atoms with van der Waals surface area (Å²) >= 11 is 0. The first kappa shape index (κ1) is 26.5. The van der Waals surface area contributed by atoms with E-state index < -0.39 is 8.32 Å². The Kier molecular flexibility index (Phi) is 14.2. The third kappa shape index (κ3) is 9.04. The van der Waals surface area contributed by atoms with Crippen molar-refractivity contribution in [1.29, 1.82) is 0 Å². The molecule has 4 heteroatoms. The number of benzene rings is 1. The van der Waals surface area contributed by atoms with Gasteiger partial charge in [-0.3, -0.25) is 0 Å². The van der Waals surface area contributed by atoms with Crippen LogP contribution >= 0.6 is 0 Å². The molecule has 146 valence electrons. The van der Waals surface area contributed by atoms with Gasteiger partial charge < -0.3 is 21.5 Å². The molecule has 27 heavy (non-hydrogen) atoms. The van der Waals surface area contributed by atoms with Gasteiger partial charge in [-0.25, -0.2) is 0 Å². The summed E-state index contributed by atoms with van der Waals surface area (Å²) in [6.45, 7) is 12.6. The van der Waals surface area contributed by atoms with Crippen LogP contribution in [0.25, 0.3) is 0 Å². The minimum Gasteiger partial charge on any atom is -0.693 e. The summed E-state index contributed by atoms with van der Waals surface area (Å²) in [5.41, 5.74) is 1.22. The van der Waals surface area contributed by atoms with Gasteiger partial charge in [-0.15, -0.1) is 0 Å². The van der Waals surface area contributed by atoms with Gasteiger partial charge in [0, 0.05) is 12.5 Å². The Balaban J connectivity index is 0.00000676. The van der Waals surface area contributed by atoms with Crippen LogP contribution in [-0.4, -0.2) is 21.0 Å². The van der Waals surface area contributed by atoms with Gasteiger partial charge in [0.2, 0.25) is 0 Å². The standard InChI is InChI=1S/C23H37O2Si.Li/c1-7-20(5)23(25-26(8-2,9-3)10-4)21(6)15-14-18-24-19-22-16-12-11-13-17-22;/h11-13,16-17,20-21,23H,8-10,14-15,18-19H2,2-6H3;/q-1;+1/t20-,21+,23+;/m0./s1. The summed E-state index contributed by atoms with van der Waals surface area (Å²) in [5, 5.41) is 0. The molecule has 0 radical (unpaired) electrons. The fourth-order valence-corrected chi connectivity index (χ4v) is 6.53. The zero-order valence-corrected chi connectivity index (χ0v) is 19.4. The van der Waals surface area contributed by atoms with Crippen molar-refractivity contribution in [3.63, 3.8) is 0 Å². The van der Waals surface area contributed by atoms with Crippen LogP contribution in [0.2, 0.25) is 18.1 Å². The first-order valence-corrected chi connectivity index (χ1v) is 12.8. The number of hydrogen-bond donors (Lipinski definition) is 0. The maximum Gasteiger partial charge on any atom is 1.00 e. The largest absolute Gasteiger partial charge is 1.00 e. The molecule has 0 saturated heterocycles. The molecule has 0 unspecified atom stereocenters. The van der Waals surface area contributed by atoms with Gasteiger partial charge in [0.1, 0.15) is 0 Å². The molecule has 0 heterocycles. The summed E-state index contributed by atoms with van der Waals surface area (Å²) in [6.07, 6.45) is 9.80. The molecule has 0 N–H and O–H groups in total. The molecule has 1 aromatic carbocycles. The van der Waals surface area contributed by atoms with Gasteiger partial charge in [0.25, 0.3) is 0 Å². The summed E-state index contributed by atoms with van der Waals surface area (Å²) in [7, 11) is -1.68. The topological polar surface area (TPSA) is 18.5 Å². The van der Waals surface area contributed by atoms with E-state index in [-0.39, 0.29) is 30.9 Å². The van der Waals surface area contributed by atoms with Crippen molar-refractivity contribution in [1.82, 2.24) is 0 Å². The molecule has 0 saturated carbocycles. The second-order valence-electron chi connectivity index (χ2n) is 7.42. The van der Waals surface area contributed by atoms with Crippen LogP contribution in [0.4, 0.5) is 0 Å². The summed E-state index contributed by atoms with van der Waals surface area (Å²) in [6, 6.07) is 13.7. The van der Waals surface area contributed by atoms with E-state index in [9.17, 15) is 0 Å². The Bertz CT molecular complexity index is 517. The van der Waals surface area contributed by atoms with Crippen molar-refractivity contribution < 1.29 is 28.0 Å². The minimum absolute atomic E-state index is 0. The van der Waals surface area contributed by atoms with E-state index in [1.165, 1.54) is 5.56 Å². The van der Waals surface area contributed by atoms with Gasteiger partial charge in [-0.2, -0.15) is 0 Å². The van der Waals surface area contributed by atoms with Gasteiger partial charge in [-0.05, 0) is 42.5 Å². The molecule has 0 aromatic heterocycles. The van der Waals surface area contributed by atoms with Crippen molar-refractivity contribution in [3.8, 4) is 5.92 Å². The smallest absolute Gasteiger partial charge is 0.693 e. The molecule has 0 aliphatic heterocycles. The van der Waals surface area contributed by atoms with Gasteiger partial charge in [0.05, 0.1) is 12.7 Å². The zero-order valence-electron chi connectivity index (χ0n) is 18.4. The minimum atomic E-state index is -1.68. The van der Waals surface area contributed by atoms with E-state index in [0.29, 0.717) is 12.5 Å². The second kappa shape index (κ2) is 14.5. The Morgan fingerprint density at radius 1 is 1.04 bits per heavy atom. The van der Waals surface area contributed by atoms with Crippen LogP contribution in [0.3, 0.4) is 0 Å². The van der Waals surface area contributed by atoms with Crippen LogP contribution in [0.1, 0.15) is 53.0 Å². The molecule has 0 amide bonds. The quantitative estimate of drug-likeness (QED) is 0.226. The van der Waals surface area contributed by atoms with E-state index in [4.69, 9.17) is 15.6 Å². The summed E-state index contributed by atoms with van der Waals surface area (Å²) in [5.74, 6) is 3.14. The molecule has 0 fully saturated rings. The Labute approximate surface area is 181 Å². The van der Waals surface area contributed by atoms with E-state index in [2.05, 4.69) is 52.7 Å². The van der Waals surface area contributed by atoms with E-state index in [0.717, 1.165) is 37.6 Å². The van der Waals surface area contributed by atoms with E-state index in [1.807, 2.05) is 18.2 Å². The Morgan fingerprint density at radius 3 is 2.15 bits per heavy atom. The number of ether oxygens (including phenoxy) is 1. The summed E-state index contributed by atoms with van der Waals surface area (Å²) in [4.78, 5) is 0. The van der Waals surface area contributed by atoms with Gasteiger partial charge in [0.15, 0.2) is 8.32 Å². The Hall–Kier alpha value is -0.486. The van der Waals surface area contributed by atoms with Crippen LogP contribution in [0.5, 0.6) is 0 Å². The molecular formula is C23H37LiO2Si. The van der Waals surface area contributed by atoms with Crippen molar-refractivity contribution in [2.24, 2.45) is 11.8 Å². The normalized spacial score (nSPS) is 14.7. The second-order valence-corrected chi connectivity index (χ2v) is 12.1. The molecule has 2 nitrogen and oxygen atoms in total. The fourth-order valence-electron chi connectivity index (χ4n) is 3.52. The maximum atomic E-state index is 7.61. The van der Waals surface area contributed by atoms with Crippen molar-refractivity contribution >= 4 is 8.32 Å². The number of hydrogen-bond acceptors (Lipinski definition) is 2. The van der Waals surface area contributed by atoms with E-state index in [1.54, 1.807) is 0 Å². The molecule has 1 aromatic rings. The first-order chi connectivity index (χ1) is 12.5. The molecule has 1 rings (SSSR count). The first-order valence-electron chi connectivity index (χ1n) is 10.2. The fraction of sp³-hybridized carbons (Fsp3) is 0.652. The van der Waals surface area contributed by atoms with Crippen molar-refractivity contribution in [3.05, 3.63) is 42.3 Å². The average molecular weight is 381 g/mol. The van der Waals surface area contributed by atoms with Crippen LogP contribution < -0.4 is 18.9 Å². The maximum absolute atomic E-state index is 7.61. The monoisotopic (exact) mass is 380 g/mol. The van der Waals surface area contributed by atoms with Crippen LogP contribution in [-0.2, 0) is 15.8 Å². The summed E-state index contributed by atoms with van der Waals surface area (Å²) < 4.78 is 12.6. The van der Waals surface area contributed by atoms with Crippen molar-refractivity contribution in [2.75, 3.05) is 6.61 Å². The molecule has 3 atom stereocenters. The molecular weight excluding hydrogens is 343 g/mol. The third-order valence-corrected chi connectivity index (χ3v) is 10.3. The zero-order chi connectivity index (χ0) is 19.4. The Morgan fingerprint density at radius 2 is 1.63 bits per heavy atom. The molecule has 0 spiro atoms. The average Bonchev–Trinajstić information content (AvgIpc) is 2.69. The van der Waals surface area contributed by atoms with Crippen LogP contribution in [0, 0.1) is 24.2 Å². The van der Waals surface area contributed by atoms with E-state index >= 15 is 0 Å². The predicted molar refractivity (Wildman–Crippen MR) is 113 cm³/mol. The van der Waals surface area contributed by atoms with Crippen molar-refractivity contribution in [2.45, 2.75) is 78.3 Å². The van der Waals surface area contributed by atoms with Gasteiger partial charge >= 0.3 is 18.9 Å². The molecule has 0 aliphatic rings. The van der Waals surface area contributed by atoms with Crippen LogP contribution in [0.15, 0.2) is 30.3 Å². The predicted octanol–water partition coefficient (Wildman–Crippen LogP) is 3.24. The molecule has 0 bridgehead atoms. The SMILES string of the molecule is [C-]#C[C@H](C)[C@@H](O[Si](CC)(CC)CC)[C@H](C)CCCOCc1ccccc1.[Li+].